The van der Waals surface area contributed by atoms with Crippen molar-refractivity contribution < 1.29 is 24.2 Å². The number of carbonyl (C=O) groups is 2. The van der Waals surface area contributed by atoms with Gasteiger partial charge in [-0.2, -0.15) is 0 Å². The number of carbonyl (C=O) groups excluding carboxylic acids is 1. The minimum Gasteiger partial charge on any atom is -0.475 e. The van der Waals surface area contributed by atoms with Crippen LogP contribution in [0.25, 0.3) is 0 Å². The Hall–Kier alpha value is -0.940. The highest BCUT2D eigenvalue weighted by Crippen LogP contribution is 2.23. The summed E-state index contributed by atoms with van der Waals surface area (Å²) in [6, 6.07) is 0. The summed E-state index contributed by atoms with van der Waals surface area (Å²) in [5.74, 6) is -2.97. The molecule has 1 rings (SSSR count). The molecule has 1 saturated heterocycles. The lowest BCUT2D eigenvalue weighted by Crippen LogP contribution is -2.25. The van der Waals surface area contributed by atoms with Crippen molar-refractivity contribution in [1.82, 2.24) is 0 Å². The normalized spacial score (nSPS) is 25.8. The van der Waals surface area contributed by atoms with Crippen molar-refractivity contribution in [3.63, 3.8) is 0 Å². The zero-order valence-electron chi connectivity index (χ0n) is 7.57. The molecule has 1 fully saturated rings. The van der Waals surface area contributed by atoms with Crippen LogP contribution in [-0.4, -0.2) is 35.4 Å². The van der Waals surface area contributed by atoms with Gasteiger partial charge in [-0.3, -0.25) is 4.79 Å². The summed E-state index contributed by atoms with van der Waals surface area (Å²) in [6.07, 6.45) is -0.558. The number of rotatable bonds is 3. The van der Waals surface area contributed by atoms with E-state index >= 15 is 0 Å². The number of Topliss-reactive ketones (excluding diaryl/α,β-unsaturated/α-hetero) is 1. The first-order valence-electron chi connectivity index (χ1n) is 3.98. The molecule has 1 unspecified atom stereocenters. The van der Waals surface area contributed by atoms with Crippen molar-refractivity contribution in [2.75, 3.05) is 6.61 Å². The monoisotopic (exact) mass is 188 g/mol. The van der Waals surface area contributed by atoms with E-state index in [0.29, 0.717) is 0 Å². The highest BCUT2D eigenvalue weighted by molar-refractivity contribution is 6.32. The second-order valence-corrected chi connectivity index (χ2v) is 3.38. The molecule has 0 spiro atoms. The molecule has 13 heavy (non-hydrogen) atoms. The number of ether oxygens (including phenoxy) is 2. The van der Waals surface area contributed by atoms with E-state index < -0.39 is 23.6 Å². The maximum Gasteiger partial charge on any atom is 0.372 e. The molecule has 0 amide bonds. The van der Waals surface area contributed by atoms with Gasteiger partial charge >= 0.3 is 5.97 Å². The molecule has 0 aromatic rings. The van der Waals surface area contributed by atoms with Gasteiger partial charge in [0.15, 0.2) is 5.79 Å². The van der Waals surface area contributed by atoms with Gasteiger partial charge in [0.2, 0.25) is 5.78 Å². The van der Waals surface area contributed by atoms with Gasteiger partial charge < -0.3 is 14.6 Å². The lowest BCUT2D eigenvalue weighted by Gasteiger charge is -2.16. The van der Waals surface area contributed by atoms with Gasteiger partial charge in [0.05, 0.1) is 12.7 Å². The van der Waals surface area contributed by atoms with E-state index in [1.165, 1.54) is 0 Å². The Balaban J connectivity index is 2.41. The van der Waals surface area contributed by atoms with E-state index in [0.717, 1.165) is 0 Å². The van der Waals surface area contributed by atoms with Gasteiger partial charge in [-0.15, -0.1) is 0 Å². The molecule has 0 bridgehead atoms. The van der Waals surface area contributed by atoms with Gasteiger partial charge in [0, 0.05) is 6.42 Å². The molecule has 0 aromatic heterocycles. The van der Waals surface area contributed by atoms with E-state index in [-0.39, 0.29) is 13.0 Å². The minimum absolute atomic E-state index is 0.126. The predicted octanol–water partition coefficient (Wildman–Crippen LogP) is 0.182. The number of hydrogen-bond acceptors (Lipinski definition) is 4. The molecule has 1 aliphatic rings. The second kappa shape index (κ2) is 3.43. The lowest BCUT2D eigenvalue weighted by molar-refractivity contribution is -0.154. The van der Waals surface area contributed by atoms with Crippen LogP contribution in [0.3, 0.4) is 0 Å². The average molecular weight is 188 g/mol. The number of hydrogen-bond donors (Lipinski definition) is 1. The van der Waals surface area contributed by atoms with Crippen molar-refractivity contribution in [3.05, 3.63) is 0 Å². The summed E-state index contributed by atoms with van der Waals surface area (Å²) in [5, 5.41) is 8.33. The summed E-state index contributed by atoms with van der Waals surface area (Å²) in [6.45, 7) is 3.71. The molecule has 1 N–H and O–H groups in total. The summed E-state index contributed by atoms with van der Waals surface area (Å²) >= 11 is 0. The highest BCUT2D eigenvalue weighted by atomic mass is 16.7. The van der Waals surface area contributed by atoms with Gasteiger partial charge in [-0.05, 0) is 13.8 Å². The molecule has 0 radical (unpaired) electrons. The number of aliphatic carboxylic acids is 1. The summed E-state index contributed by atoms with van der Waals surface area (Å²) < 4.78 is 10.4. The van der Waals surface area contributed by atoms with E-state index in [4.69, 9.17) is 14.6 Å². The van der Waals surface area contributed by atoms with Crippen LogP contribution in [-0.2, 0) is 19.1 Å². The lowest BCUT2D eigenvalue weighted by atomic mass is 10.2. The Morgan fingerprint density at radius 2 is 2.15 bits per heavy atom. The van der Waals surface area contributed by atoms with Crippen LogP contribution in [0, 0.1) is 0 Å². The van der Waals surface area contributed by atoms with E-state index in [2.05, 4.69) is 0 Å². The average Bonchev–Trinajstić information content (AvgIpc) is 2.30. The van der Waals surface area contributed by atoms with Gasteiger partial charge in [-0.25, -0.2) is 4.79 Å². The molecule has 5 heteroatoms. The van der Waals surface area contributed by atoms with Crippen LogP contribution < -0.4 is 0 Å². The molecule has 0 aliphatic carbocycles. The molecule has 1 heterocycles. The fourth-order valence-electron chi connectivity index (χ4n) is 1.16. The second-order valence-electron chi connectivity index (χ2n) is 3.38. The Morgan fingerprint density at radius 3 is 2.54 bits per heavy atom. The third kappa shape index (κ3) is 2.78. The maximum absolute atomic E-state index is 10.8. The zero-order valence-corrected chi connectivity index (χ0v) is 7.57. The van der Waals surface area contributed by atoms with Crippen LogP contribution >= 0.6 is 0 Å². The van der Waals surface area contributed by atoms with Gasteiger partial charge in [0.25, 0.3) is 0 Å². The number of carboxylic acids is 1. The van der Waals surface area contributed by atoms with Crippen molar-refractivity contribution in [3.8, 4) is 0 Å². The molecule has 1 aliphatic heterocycles. The maximum atomic E-state index is 10.8. The Morgan fingerprint density at radius 1 is 1.54 bits per heavy atom. The van der Waals surface area contributed by atoms with Crippen LogP contribution in [0.2, 0.25) is 0 Å². The Bertz CT molecular complexity index is 233. The third-order valence-electron chi connectivity index (χ3n) is 1.72. The van der Waals surface area contributed by atoms with E-state index in [9.17, 15) is 9.59 Å². The summed E-state index contributed by atoms with van der Waals surface area (Å²) in [7, 11) is 0. The number of carboxylic acid groups (broad SMARTS) is 1. The summed E-state index contributed by atoms with van der Waals surface area (Å²) in [5.41, 5.74) is 0. The number of ketones is 1. The predicted molar refractivity (Wildman–Crippen MR) is 42.2 cm³/mol. The van der Waals surface area contributed by atoms with E-state index in [1.54, 1.807) is 13.8 Å². The van der Waals surface area contributed by atoms with Crippen molar-refractivity contribution in [2.24, 2.45) is 0 Å². The molecule has 5 nitrogen and oxygen atoms in total. The Kier molecular flexibility index (Phi) is 2.68. The van der Waals surface area contributed by atoms with E-state index in [1.807, 2.05) is 0 Å². The Labute approximate surface area is 75.6 Å². The first-order valence-corrected chi connectivity index (χ1v) is 3.98. The quantitative estimate of drug-likeness (QED) is 0.639. The van der Waals surface area contributed by atoms with Crippen LogP contribution in [0.1, 0.15) is 20.3 Å². The first kappa shape index (κ1) is 10.1. The third-order valence-corrected chi connectivity index (χ3v) is 1.72. The molecule has 74 valence electrons. The SMILES string of the molecule is CC1(C)OCC(CC(=O)C(=O)O)O1. The molecular formula is C8H12O5. The zero-order chi connectivity index (χ0) is 10.1. The topological polar surface area (TPSA) is 72.8 Å². The first-order chi connectivity index (χ1) is 5.91. The van der Waals surface area contributed by atoms with Crippen molar-refractivity contribution in [1.29, 1.82) is 0 Å². The van der Waals surface area contributed by atoms with Crippen molar-refractivity contribution >= 4 is 11.8 Å². The standard InChI is InChI=1S/C8H12O5/c1-8(2)12-4-5(13-8)3-6(9)7(10)11/h5H,3-4H2,1-2H3,(H,10,11). The molecule has 0 saturated carbocycles. The smallest absolute Gasteiger partial charge is 0.372 e. The molecular weight excluding hydrogens is 176 g/mol. The molecule has 0 aromatic carbocycles. The van der Waals surface area contributed by atoms with Crippen LogP contribution in [0.15, 0.2) is 0 Å². The highest BCUT2D eigenvalue weighted by Gasteiger charge is 2.34. The fourth-order valence-corrected chi connectivity index (χ4v) is 1.16. The van der Waals surface area contributed by atoms with Crippen LogP contribution in [0.4, 0.5) is 0 Å². The molecule has 1 atom stereocenters. The fraction of sp³-hybridized carbons (Fsp3) is 0.750. The van der Waals surface area contributed by atoms with Gasteiger partial charge in [-0.1, -0.05) is 0 Å². The minimum atomic E-state index is -1.42. The summed E-state index contributed by atoms with van der Waals surface area (Å²) in [4.78, 5) is 21.0. The largest absolute Gasteiger partial charge is 0.475 e. The van der Waals surface area contributed by atoms with Gasteiger partial charge in [0.1, 0.15) is 0 Å². The van der Waals surface area contributed by atoms with Crippen LogP contribution in [0.5, 0.6) is 0 Å². The van der Waals surface area contributed by atoms with Crippen molar-refractivity contribution in [2.45, 2.75) is 32.2 Å².